The fourth-order valence-corrected chi connectivity index (χ4v) is 3.45. The molecule has 2 aromatic rings. The molecule has 4 nitrogen and oxygen atoms in total. The summed E-state index contributed by atoms with van der Waals surface area (Å²) in [5, 5.41) is 0. The van der Waals surface area contributed by atoms with Crippen LogP contribution in [0.1, 0.15) is 50.0 Å². The Balaban J connectivity index is 2.05. The molecule has 1 aliphatic rings. The van der Waals surface area contributed by atoms with Crippen LogP contribution in [0.5, 0.6) is 0 Å². The van der Waals surface area contributed by atoms with Gasteiger partial charge in [0.05, 0.1) is 5.69 Å². The highest BCUT2D eigenvalue weighted by Gasteiger charge is 2.23. The zero-order chi connectivity index (χ0) is 14.1. The Morgan fingerprint density at radius 2 is 2.15 bits per heavy atom. The highest BCUT2D eigenvalue weighted by molar-refractivity contribution is 14.1. The lowest BCUT2D eigenvalue weighted by molar-refractivity contribution is 0.524. The minimum Gasteiger partial charge on any atom is -0.458 e. The fourth-order valence-electron chi connectivity index (χ4n) is 2.76. The van der Waals surface area contributed by atoms with Crippen LogP contribution >= 0.6 is 22.6 Å². The monoisotopic (exact) mass is 384 g/mol. The second-order valence-electron chi connectivity index (χ2n) is 5.21. The number of halogens is 1. The Morgan fingerprint density at radius 1 is 1.40 bits per heavy atom. The van der Waals surface area contributed by atoms with Gasteiger partial charge in [-0.15, -0.1) is 0 Å². The summed E-state index contributed by atoms with van der Waals surface area (Å²) in [7, 11) is 0. The lowest BCUT2D eigenvalue weighted by Crippen LogP contribution is -2.17. The van der Waals surface area contributed by atoms with E-state index in [1.807, 2.05) is 19.1 Å². The molecule has 3 rings (SSSR count). The van der Waals surface area contributed by atoms with E-state index in [9.17, 15) is 4.79 Å². The Kier molecular flexibility index (Phi) is 3.96. The van der Waals surface area contributed by atoms with Crippen LogP contribution in [0.25, 0.3) is 11.6 Å². The van der Waals surface area contributed by atoms with Gasteiger partial charge in [-0.1, -0.05) is 19.8 Å². The molecule has 0 unspecified atom stereocenters. The Labute approximate surface area is 131 Å². The highest BCUT2D eigenvalue weighted by Crippen LogP contribution is 2.35. The summed E-state index contributed by atoms with van der Waals surface area (Å²) >= 11 is 2.11. The topological polar surface area (TPSA) is 58.9 Å². The number of aromatic nitrogens is 2. The van der Waals surface area contributed by atoms with Crippen molar-refractivity contribution in [2.45, 2.75) is 44.9 Å². The summed E-state index contributed by atoms with van der Waals surface area (Å²) in [6.45, 7) is 2.04. The Bertz CT molecular complexity index is 669. The molecule has 106 valence electrons. The second-order valence-corrected chi connectivity index (χ2v) is 6.29. The highest BCUT2D eigenvalue weighted by atomic mass is 127. The van der Waals surface area contributed by atoms with Crippen molar-refractivity contribution in [2.24, 2.45) is 0 Å². The molecule has 1 fully saturated rings. The number of aromatic amines is 1. The van der Waals surface area contributed by atoms with Crippen LogP contribution in [0.2, 0.25) is 0 Å². The molecule has 0 amide bonds. The smallest absolute Gasteiger partial charge is 0.264 e. The van der Waals surface area contributed by atoms with Crippen molar-refractivity contribution in [3.05, 3.63) is 37.5 Å². The van der Waals surface area contributed by atoms with E-state index in [0.717, 1.165) is 34.3 Å². The van der Waals surface area contributed by atoms with Gasteiger partial charge in [0.2, 0.25) is 0 Å². The van der Waals surface area contributed by atoms with Gasteiger partial charge in [0, 0.05) is 12.3 Å². The molecule has 5 heteroatoms. The van der Waals surface area contributed by atoms with E-state index in [2.05, 4.69) is 32.6 Å². The van der Waals surface area contributed by atoms with Gasteiger partial charge in [-0.3, -0.25) is 4.79 Å². The summed E-state index contributed by atoms with van der Waals surface area (Å²) in [6, 6.07) is 3.81. The van der Waals surface area contributed by atoms with Crippen molar-refractivity contribution in [1.82, 2.24) is 9.97 Å². The van der Waals surface area contributed by atoms with Gasteiger partial charge < -0.3 is 9.40 Å². The molecule has 0 aliphatic heterocycles. The van der Waals surface area contributed by atoms with Crippen LogP contribution in [-0.4, -0.2) is 9.97 Å². The SMILES string of the molecule is CCc1ccc(-c2nc(C3CCCC3)c(I)c(=O)[nH]2)o1. The van der Waals surface area contributed by atoms with E-state index in [0.29, 0.717) is 17.5 Å². The summed E-state index contributed by atoms with van der Waals surface area (Å²) in [4.78, 5) is 19.6. The number of H-pyrrole nitrogens is 1. The quantitative estimate of drug-likeness (QED) is 0.818. The largest absolute Gasteiger partial charge is 0.458 e. The van der Waals surface area contributed by atoms with Crippen molar-refractivity contribution >= 4 is 22.6 Å². The molecule has 20 heavy (non-hydrogen) atoms. The van der Waals surface area contributed by atoms with Crippen molar-refractivity contribution < 1.29 is 4.42 Å². The maximum atomic E-state index is 12.1. The van der Waals surface area contributed by atoms with E-state index in [-0.39, 0.29) is 5.56 Å². The molecule has 1 aliphatic carbocycles. The molecule has 1 saturated carbocycles. The van der Waals surface area contributed by atoms with Crippen LogP contribution in [0.4, 0.5) is 0 Å². The summed E-state index contributed by atoms with van der Waals surface area (Å²) in [6.07, 6.45) is 5.55. The Morgan fingerprint density at radius 3 is 2.80 bits per heavy atom. The molecule has 0 radical (unpaired) electrons. The third-order valence-electron chi connectivity index (χ3n) is 3.87. The van der Waals surface area contributed by atoms with Gasteiger partial charge >= 0.3 is 0 Å². The normalized spacial score (nSPS) is 15.9. The third-order valence-corrected chi connectivity index (χ3v) is 4.92. The molecule has 1 N–H and O–H groups in total. The molecule has 0 aromatic carbocycles. The minimum atomic E-state index is -0.0630. The maximum absolute atomic E-state index is 12.1. The van der Waals surface area contributed by atoms with E-state index < -0.39 is 0 Å². The Hall–Kier alpha value is -1.11. The van der Waals surface area contributed by atoms with Crippen LogP contribution in [0, 0.1) is 3.57 Å². The molecule has 2 aromatic heterocycles. The standard InChI is InChI=1S/C15H17IN2O2/c1-2-10-7-8-11(20-10)14-17-13(9-5-3-4-6-9)12(16)15(19)18-14/h7-9H,2-6H2,1H3,(H,17,18,19). The predicted octanol–water partition coefficient (Wildman–Crippen LogP) is 3.85. The number of furan rings is 1. The van der Waals surface area contributed by atoms with Crippen LogP contribution in [0.15, 0.2) is 21.3 Å². The van der Waals surface area contributed by atoms with Crippen molar-refractivity contribution in [2.75, 3.05) is 0 Å². The number of nitrogens with one attached hydrogen (secondary N) is 1. The molecule has 2 heterocycles. The lowest BCUT2D eigenvalue weighted by Gasteiger charge is -2.11. The molecule has 0 bridgehead atoms. The molecular formula is C15H17IN2O2. The molecule has 0 atom stereocenters. The minimum absolute atomic E-state index is 0.0630. The number of nitrogens with zero attached hydrogens (tertiary/aromatic N) is 1. The van der Waals surface area contributed by atoms with Gasteiger partial charge in [-0.05, 0) is 47.6 Å². The van der Waals surface area contributed by atoms with Crippen molar-refractivity contribution in [3.8, 4) is 11.6 Å². The molecule has 0 spiro atoms. The molecular weight excluding hydrogens is 367 g/mol. The number of aryl methyl sites for hydroxylation is 1. The van der Waals surface area contributed by atoms with Gasteiger partial charge in [0.25, 0.3) is 5.56 Å². The number of hydrogen-bond acceptors (Lipinski definition) is 3. The number of hydrogen-bond donors (Lipinski definition) is 1. The van der Waals surface area contributed by atoms with E-state index in [4.69, 9.17) is 4.42 Å². The fraction of sp³-hybridized carbons (Fsp3) is 0.467. The zero-order valence-corrected chi connectivity index (χ0v) is 13.6. The van der Waals surface area contributed by atoms with Gasteiger partial charge in [-0.2, -0.15) is 0 Å². The van der Waals surface area contributed by atoms with E-state index >= 15 is 0 Å². The predicted molar refractivity (Wildman–Crippen MR) is 85.9 cm³/mol. The van der Waals surface area contributed by atoms with E-state index in [1.54, 1.807) is 0 Å². The van der Waals surface area contributed by atoms with Crippen molar-refractivity contribution in [1.29, 1.82) is 0 Å². The second kappa shape index (κ2) is 5.71. The summed E-state index contributed by atoms with van der Waals surface area (Å²) < 4.78 is 6.42. The van der Waals surface area contributed by atoms with Crippen molar-refractivity contribution in [3.63, 3.8) is 0 Å². The molecule has 0 saturated heterocycles. The maximum Gasteiger partial charge on any atom is 0.264 e. The zero-order valence-electron chi connectivity index (χ0n) is 11.4. The third kappa shape index (κ3) is 2.55. The van der Waals surface area contributed by atoms with Crippen LogP contribution in [-0.2, 0) is 6.42 Å². The first-order chi connectivity index (χ1) is 9.69. The van der Waals surface area contributed by atoms with Crippen LogP contribution < -0.4 is 5.56 Å². The average molecular weight is 384 g/mol. The lowest BCUT2D eigenvalue weighted by atomic mass is 10.0. The van der Waals surface area contributed by atoms with E-state index in [1.165, 1.54) is 12.8 Å². The summed E-state index contributed by atoms with van der Waals surface area (Å²) in [5.74, 6) is 2.53. The van der Waals surface area contributed by atoms with Gasteiger partial charge in [0.1, 0.15) is 9.33 Å². The number of rotatable bonds is 3. The first-order valence-corrected chi connectivity index (χ1v) is 8.15. The first kappa shape index (κ1) is 13.9. The first-order valence-electron chi connectivity index (χ1n) is 7.08. The van der Waals surface area contributed by atoms with Crippen LogP contribution in [0.3, 0.4) is 0 Å². The average Bonchev–Trinajstić information content (AvgIpc) is 3.11. The van der Waals surface area contributed by atoms with Gasteiger partial charge in [-0.25, -0.2) is 4.98 Å². The summed E-state index contributed by atoms with van der Waals surface area (Å²) in [5.41, 5.74) is 0.878. The van der Waals surface area contributed by atoms with Gasteiger partial charge in [0.15, 0.2) is 11.6 Å².